The van der Waals surface area contributed by atoms with E-state index in [9.17, 15) is 0 Å². The number of benzene rings is 2. The predicted octanol–water partition coefficient (Wildman–Crippen LogP) is 5.48. The summed E-state index contributed by atoms with van der Waals surface area (Å²) < 4.78 is 11.6. The molecule has 0 spiro atoms. The molecule has 0 aliphatic carbocycles. The molecule has 1 aromatic heterocycles. The average molecular weight is 438 g/mol. The van der Waals surface area contributed by atoms with Gasteiger partial charge in [-0.3, -0.25) is 0 Å². The highest BCUT2D eigenvalue weighted by atomic mass is 32.1. The Morgan fingerprint density at radius 2 is 1.61 bits per heavy atom. The van der Waals surface area contributed by atoms with Crippen molar-refractivity contribution >= 4 is 23.2 Å². The lowest BCUT2D eigenvalue weighted by Gasteiger charge is -2.08. The maximum atomic E-state index is 8.67. The van der Waals surface area contributed by atoms with Crippen LogP contribution in [0.25, 0.3) is 17.3 Å². The van der Waals surface area contributed by atoms with Gasteiger partial charge in [0.25, 0.3) is 0 Å². The SMILES string of the molecule is C=Cc1sc(C)nc1-c1ccc(OCCCCCOc2ccc(/C(N)=N/O)cc2)cc1. The van der Waals surface area contributed by atoms with Crippen molar-refractivity contribution in [2.24, 2.45) is 10.9 Å². The first-order chi connectivity index (χ1) is 15.1. The van der Waals surface area contributed by atoms with E-state index in [0.29, 0.717) is 18.8 Å². The number of hydrogen-bond acceptors (Lipinski definition) is 6. The van der Waals surface area contributed by atoms with Crippen LogP contribution in [0.2, 0.25) is 0 Å². The normalized spacial score (nSPS) is 11.3. The number of nitrogens with zero attached hydrogens (tertiary/aromatic N) is 2. The molecule has 6 nitrogen and oxygen atoms in total. The lowest BCUT2D eigenvalue weighted by atomic mass is 10.1. The summed E-state index contributed by atoms with van der Waals surface area (Å²) in [5.74, 6) is 1.71. The van der Waals surface area contributed by atoms with Crippen molar-refractivity contribution < 1.29 is 14.7 Å². The Balaban J connectivity index is 1.34. The monoisotopic (exact) mass is 437 g/mol. The standard InChI is InChI=1S/C24H27N3O3S/c1-3-22-23(26-17(2)31-22)18-7-11-20(12-8-18)29-15-5-4-6-16-30-21-13-9-19(10-14-21)24(25)27-28/h3,7-14,28H,1,4-6,15-16H2,2H3,(H2,25,27). The second kappa shape index (κ2) is 11.2. The molecule has 0 saturated heterocycles. The van der Waals surface area contributed by atoms with Gasteiger partial charge in [0, 0.05) is 11.1 Å². The fourth-order valence-electron chi connectivity index (χ4n) is 3.04. The molecule has 3 N–H and O–H groups in total. The number of nitrogens with two attached hydrogens (primary N) is 1. The molecule has 1 heterocycles. The van der Waals surface area contributed by atoms with Gasteiger partial charge in [-0.25, -0.2) is 4.98 Å². The number of rotatable bonds is 11. The fraction of sp³-hybridized carbons (Fsp3) is 0.250. The summed E-state index contributed by atoms with van der Waals surface area (Å²) in [7, 11) is 0. The Morgan fingerprint density at radius 3 is 2.16 bits per heavy atom. The van der Waals surface area contributed by atoms with Crippen molar-refractivity contribution in [1.82, 2.24) is 4.98 Å². The third kappa shape index (κ3) is 6.33. The number of ether oxygens (including phenoxy) is 2. The molecule has 0 unspecified atom stereocenters. The van der Waals surface area contributed by atoms with Crippen molar-refractivity contribution in [2.45, 2.75) is 26.2 Å². The highest BCUT2D eigenvalue weighted by molar-refractivity contribution is 7.12. The van der Waals surface area contributed by atoms with E-state index >= 15 is 0 Å². The lowest BCUT2D eigenvalue weighted by Crippen LogP contribution is -2.12. The number of amidine groups is 1. The van der Waals surface area contributed by atoms with Gasteiger partial charge in [-0.1, -0.05) is 11.7 Å². The van der Waals surface area contributed by atoms with Crippen LogP contribution >= 0.6 is 11.3 Å². The summed E-state index contributed by atoms with van der Waals surface area (Å²) >= 11 is 1.65. The van der Waals surface area contributed by atoms with E-state index in [4.69, 9.17) is 20.4 Å². The van der Waals surface area contributed by atoms with E-state index in [1.807, 2.05) is 49.4 Å². The zero-order chi connectivity index (χ0) is 22.1. The van der Waals surface area contributed by atoms with Crippen LogP contribution in [0.3, 0.4) is 0 Å². The fourth-order valence-corrected chi connectivity index (χ4v) is 3.84. The summed E-state index contributed by atoms with van der Waals surface area (Å²) in [4.78, 5) is 5.69. The molecule has 0 bridgehead atoms. The Labute approximate surface area is 186 Å². The lowest BCUT2D eigenvalue weighted by molar-refractivity contribution is 0.279. The largest absolute Gasteiger partial charge is 0.494 e. The van der Waals surface area contributed by atoms with Gasteiger partial charge in [0.1, 0.15) is 11.5 Å². The van der Waals surface area contributed by atoms with Crippen LogP contribution in [-0.2, 0) is 0 Å². The molecule has 0 amide bonds. The first-order valence-electron chi connectivity index (χ1n) is 10.1. The molecule has 2 aromatic carbocycles. The Kier molecular flexibility index (Phi) is 8.06. The van der Waals surface area contributed by atoms with Crippen molar-refractivity contribution in [3.8, 4) is 22.8 Å². The van der Waals surface area contributed by atoms with E-state index in [1.54, 1.807) is 23.5 Å². The van der Waals surface area contributed by atoms with E-state index in [2.05, 4.69) is 16.7 Å². The second-order valence-corrected chi connectivity index (χ2v) is 8.18. The predicted molar refractivity (Wildman–Crippen MR) is 126 cm³/mol. The van der Waals surface area contributed by atoms with Gasteiger partial charge < -0.3 is 20.4 Å². The molecule has 7 heteroatoms. The van der Waals surface area contributed by atoms with E-state index < -0.39 is 0 Å². The number of aromatic nitrogens is 1. The average Bonchev–Trinajstić information content (AvgIpc) is 3.19. The van der Waals surface area contributed by atoms with Gasteiger partial charge in [-0.2, -0.15) is 0 Å². The molecule has 0 saturated carbocycles. The number of hydrogen-bond donors (Lipinski definition) is 2. The van der Waals surface area contributed by atoms with Crippen LogP contribution in [0.4, 0.5) is 0 Å². The maximum absolute atomic E-state index is 8.67. The van der Waals surface area contributed by atoms with Crippen LogP contribution < -0.4 is 15.2 Å². The molecule has 0 aliphatic rings. The Morgan fingerprint density at radius 1 is 1.03 bits per heavy atom. The van der Waals surface area contributed by atoms with Crippen LogP contribution in [0.5, 0.6) is 11.5 Å². The van der Waals surface area contributed by atoms with Crippen molar-refractivity contribution in [3.63, 3.8) is 0 Å². The van der Waals surface area contributed by atoms with Gasteiger partial charge in [-0.05, 0) is 80.8 Å². The highest BCUT2D eigenvalue weighted by Gasteiger charge is 2.08. The summed E-state index contributed by atoms with van der Waals surface area (Å²) in [6, 6.07) is 15.2. The van der Waals surface area contributed by atoms with Crippen LogP contribution in [0.1, 0.15) is 34.7 Å². The second-order valence-electron chi connectivity index (χ2n) is 6.94. The van der Waals surface area contributed by atoms with Gasteiger partial charge in [0.15, 0.2) is 5.84 Å². The van der Waals surface area contributed by atoms with Gasteiger partial charge in [-0.15, -0.1) is 11.3 Å². The number of thiazole rings is 1. The number of aryl methyl sites for hydroxylation is 1. The van der Waals surface area contributed by atoms with E-state index in [1.165, 1.54) is 0 Å². The summed E-state index contributed by atoms with van der Waals surface area (Å²) in [6.45, 7) is 7.18. The van der Waals surface area contributed by atoms with Crippen molar-refractivity contribution in [3.05, 3.63) is 70.6 Å². The maximum Gasteiger partial charge on any atom is 0.170 e. The van der Waals surface area contributed by atoms with Crippen LogP contribution in [-0.4, -0.2) is 29.2 Å². The third-order valence-corrected chi connectivity index (χ3v) is 5.62. The molecule has 0 fully saturated rings. The summed E-state index contributed by atoms with van der Waals surface area (Å²) in [6.07, 6.45) is 4.77. The molecular weight excluding hydrogens is 410 g/mol. The quantitative estimate of drug-likeness (QED) is 0.136. The molecule has 31 heavy (non-hydrogen) atoms. The van der Waals surface area contributed by atoms with Crippen LogP contribution in [0.15, 0.2) is 60.3 Å². The first-order valence-corrected chi connectivity index (χ1v) is 11.0. The molecule has 0 radical (unpaired) electrons. The van der Waals surface area contributed by atoms with Crippen molar-refractivity contribution in [2.75, 3.05) is 13.2 Å². The first kappa shape index (κ1) is 22.4. The van der Waals surface area contributed by atoms with Gasteiger partial charge >= 0.3 is 0 Å². The number of unbranched alkanes of at least 4 members (excludes halogenated alkanes) is 2. The third-order valence-electron chi connectivity index (χ3n) is 4.66. The van der Waals surface area contributed by atoms with Crippen LogP contribution in [0, 0.1) is 6.92 Å². The molecule has 162 valence electrons. The molecule has 0 aliphatic heterocycles. The van der Waals surface area contributed by atoms with Gasteiger partial charge in [0.2, 0.25) is 0 Å². The smallest absolute Gasteiger partial charge is 0.170 e. The minimum atomic E-state index is 0.0842. The Hall–Kier alpha value is -3.32. The highest BCUT2D eigenvalue weighted by Crippen LogP contribution is 2.30. The minimum absolute atomic E-state index is 0.0842. The molecule has 0 atom stereocenters. The minimum Gasteiger partial charge on any atom is -0.494 e. The molecule has 3 aromatic rings. The van der Waals surface area contributed by atoms with Crippen molar-refractivity contribution in [1.29, 1.82) is 0 Å². The van der Waals surface area contributed by atoms with Gasteiger partial charge in [0.05, 0.1) is 28.8 Å². The van der Waals surface area contributed by atoms with E-state index in [0.717, 1.165) is 51.9 Å². The Bertz CT molecular complexity index is 1010. The summed E-state index contributed by atoms with van der Waals surface area (Å²) in [5.41, 5.74) is 8.25. The zero-order valence-corrected chi connectivity index (χ0v) is 18.4. The zero-order valence-electron chi connectivity index (χ0n) is 17.6. The topological polar surface area (TPSA) is 90.0 Å². The molecular formula is C24H27N3O3S. The number of oxime groups is 1. The van der Waals surface area contributed by atoms with E-state index in [-0.39, 0.29) is 5.84 Å². The summed E-state index contributed by atoms with van der Waals surface area (Å²) in [5, 5.41) is 12.7. The molecule has 3 rings (SSSR count).